The first kappa shape index (κ1) is 24.2. The highest BCUT2D eigenvalue weighted by molar-refractivity contribution is 5.98. The number of hydrogen-bond acceptors (Lipinski definition) is 8. The van der Waals surface area contributed by atoms with Gasteiger partial charge in [-0.25, -0.2) is 23.7 Å². The van der Waals surface area contributed by atoms with Gasteiger partial charge in [-0.05, 0) is 18.1 Å². The normalized spacial score (nSPS) is 15.3. The van der Waals surface area contributed by atoms with Gasteiger partial charge in [0.25, 0.3) is 11.8 Å². The average molecular weight is 486 g/mol. The molecule has 4 rings (SSSR count). The summed E-state index contributed by atoms with van der Waals surface area (Å²) in [5.74, 6) is -3.83. The zero-order chi connectivity index (χ0) is 25.1. The number of piperidine rings is 1. The molecule has 2 N–H and O–H groups in total. The average Bonchev–Trinajstić information content (AvgIpc) is 2.83. The molecule has 12 heteroatoms. The van der Waals surface area contributed by atoms with Gasteiger partial charge in [-0.3, -0.25) is 9.59 Å². The van der Waals surface area contributed by atoms with Crippen molar-refractivity contribution in [3.8, 4) is 11.8 Å². The molecule has 35 heavy (non-hydrogen) atoms. The lowest BCUT2D eigenvalue weighted by atomic mass is 10.00. The Morgan fingerprint density at radius 1 is 1.20 bits per heavy atom. The minimum Gasteiger partial charge on any atom is -0.492 e. The fourth-order valence-corrected chi connectivity index (χ4v) is 3.80. The summed E-state index contributed by atoms with van der Waals surface area (Å²) in [6.45, 7) is 4.21. The molecule has 0 aromatic carbocycles. The molecule has 0 spiro atoms. The molecule has 0 radical (unpaired) electrons. The summed E-state index contributed by atoms with van der Waals surface area (Å²) in [5.41, 5.74) is 0.223. The van der Waals surface area contributed by atoms with Crippen molar-refractivity contribution in [2.75, 3.05) is 13.1 Å². The molecular formula is C23H24F2N6O4. The van der Waals surface area contributed by atoms with E-state index in [-0.39, 0.29) is 29.0 Å². The molecule has 10 nitrogen and oxygen atoms in total. The number of pyridine rings is 2. The van der Waals surface area contributed by atoms with Gasteiger partial charge in [-0.1, -0.05) is 13.8 Å². The number of ether oxygens (including phenoxy) is 1. The minimum atomic E-state index is -0.887. The second kappa shape index (κ2) is 10.1. The van der Waals surface area contributed by atoms with Gasteiger partial charge in [0, 0.05) is 38.2 Å². The van der Waals surface area contributed by atoms with E-state index in [4.69, 9.17) is 4.74 Å². The topological polar surface area (TPSA) is 130 Å². The Morgan fingerprint density at radius 3 is 2.63 bits per heavy atom. The molecule has 1 fully saturated rings. The van der Waals surface area contributed by atoms with Crippen molar-refractivity contribution in [2.45, 2.75) is 38.8 Å². The molecule has 1 aliphatic rings. The molecule has 0 aliphatic carbocycles. The number of halogens is 2. The van der Waals surface area contributed by atoms with E-state index in [1.54, 1.807) is 30.9 Å². The number of fused-ring (bicyclic) bond motifs is 1. The van der Waals surface area contributed by atoms with Crippen LogP contribution in [0.3, 0.4) is 0 Å². The Labute approximate surface area is 199 Å². The van der Waals surface area contributed by atoms with Crippen LogP contribution in [0.15, 0.2) is 30.6 Å². The van der Waals surface area contributed by atoms with Crippen LogP contribution in [0.25, 0.3) is 11.2 Å². The first-order chi connectivity index (χ1) is 16.7. The molecule has 3 aromatic heterocycles. The Morgan fingerprint density at radius 2 is 1.94 bits per heavy atom. The van der Waals surface area contributed by atoms with Crippen LogP contribution in [0.4, 0.5) is 8.78 Å². The number of rotatable bonds is 6. The van der Waals surface area contributed by atoms with Crippen molar-refractivity contribution in [2.24, 2.45) is 5.92 Å². The van der Waals surface area contributed by atoms with Gasteiger partial charge >= 0.3 is 0 Å². The second-order valence-electron chi connectivity index (χ2n) is 8.52. The molecule has 4 heterocycles. The van der Waals surface area contributed by atoms with Crippen molar-refractivity contribution in [3.05, 3.63) is 47.9 Å². The van der Waals surface area contributed by atoms with Gasteiger partial charge in [-0.2, -0.15) is 4.98 Å². The number of aromatic hydroxyl groups is 1. The van der Waals surface area contributed by atoms with E-state index >= 15 is 0 Å². The number of carbonyl (C=O) groups excluding carboxylic acids is 2. The third-order valence-corrected chi connectivity index (χ3v) is 5.66. The molecule has 1 aliphatic heterocycles. The first-order valence-corrected chi connectivity index (χ1v) is 11.1. The molecule has 2 amide bonds. The predicted octanol–water partition coefficient (Wildman–Crippen LogP) is 2.23. The van der Waals surface area contributed by atoms with E-state index in [1.807, 2.05) is 0 Å². The van der Waals surface area contributed by atoms with Crippen LogP contribution in [-0.2, 0) is 4.79 Å². The van der Waals surface area contributed by atoms with E-state index in [2.05, 4.69) is 25.3 Å². The van der Waals surface area contributed by atoms with Crippen LogP contribution in [0.2, 0.25) is 0 Å². The first-order valence-electron chi connectivity index (χ1n) is 11.1. The molecule has 0 unspecified atom stereocenters. The number of likely N-dealkylation sites (tertiary alicyclic amines) is 1. The van der Waals surface area contributed by atoms with Crippen molar-refractivity contribution in [1.29, 1.82) is 0 Å². The predicted molar refractivity (Wildman–Crippen MR) is 119 cm³/mol. The van der Waals surface area contributed by atoms with Gasteiger partial charge in [0.2, 0.25) is 11.8 Å². The molecule has 0 bridgehead atoms. The molecular weight excluding hydrogens is 462 g/mol. The van der Waals surface area contributed by atoms with E-state index in [9.17, 15) is 23.5 Å². The van der Waals surface area contributed by atoms with Gasteiger partial charge in [0.1, 0.15) is 23.5 Å². The molecule has 1 atom stereocenters. The van der Waals surface area contributed by atoms with E-state index < -0.39 is 35.6 Å². The van der Waals surface area contributed by atoms with Crippen molar-refractivity contribution in [1.82, 2.24) is 30.2 Å². The van der Waals surface area contributed by atoms with Crippen LogP contribution in [0, 0.1) is 17.6 Å². The van der Waals surface area contributed by atoms with Crippen LogP contribution >= 0.6 is 0 Å². The summed E-state index contributed by atoms with van der Waals surface area (Å²) in [5, 5.41) is 12.8. The van der Waals surface area contributed by atoms with Crippen LogP contribution in [-0.4, -0.2) is 67.0 Å². The van der Waals surface area contributed by atoms with Crippen LogP contribution in [0.5, 0.6) is 11.8 Å². The molecule has 0 saturated carbocycles. The lowest BCUT2D eigenvalue weighted by molar-refractivity contribution is -0.136. The Bertz CT molecular complexity index is 1250. The Balaban J connectivity index is 1.40. The maximum absolute atomic E-state index is 13.8. The third-order valence-electron chi connectivity index (χ3n) is 5.66. The number of carbonyl (C=O) groups is 2. The molecule has 1 saturated heterocycles. The maximum Gasteiger partial charge on any atom is 0.276 e. The highest BCUT2D eigenvalue weighted by Gasteiger charge is 2.33. The van der Waals surface area contributed by atoms with Gasteiger partial charge in [0.15, 0.2) is 17.2 Å². The van der Waals surface area contributed by atoms with Crippen molar-refractivity contribution >= 4 is 23.0 Å². The van der Waals surface area contributed by atoms with Crippen LogP contribution < -0.4 is 10.1 Å². The Kier molecular flexibility index (Phi) is 6.99. The van der Waals surface area contributed by atoms with Gasteiger partial charge in [0.05, 0.1) is 6.20 Å². The number of aromatic nitrogens is 4. The van der Waals surface area contributed by atoms with E-state index in [1.165, 1.54) is 6.20 Å². The quantitative estimate of drug-likeness (QED) is 0.543. The van der Waals surface area contributed by atoms with Gasteiger partial charge in [-0.15, -0.1) is 0 Å². The minimum absolute atomic E-state index is 0.193. The standard InChI is InChI=1S/C23H24F2N6O4/c1-12(2)17(29-20(32)18-21(33)30-19-16(28-18)4-3-7-26-19)23(34)31-8-5-14(6-9-31)35-22-15(25)10-13(24)11-27-22/h3-4,7,10-12,14,17H,5-6,8-9H2,1-2H3,(H,29,32)(H,26,30,33)/t17-/m0/s1. The SMILES string of the molecule is CC(C)[C@H](NC(=O)c1nc2cccnc2nc1O)C(=O)N1CCC(Oc2ncc(F)cc2F)CC1. The largest absolute Gasteiger partial charge is 0.492 e. The maximum atomic E-state index is 13.8. The van der Waals surface area contributed by atoms with E-state index in [0.717, 1.165) is 6.20 Å². The monoisotopic (exact) mass is 486 g/mol. The zero-order valence-electron chi connectivity index (χ0n) is 19.1. The van der Waals surface area contributed by atoms with Crippen LogP contribution in [0.1, 0.15) is 37.2 Å². The summed E-state index contributed by atoms with van der Waals surface area (Å²) in [7, 11) is 0. The van der Waals surface area contributed by atoms with Crippen molar-refractivity contribution < 1.29 is 28.2 Å². The highest BCUT2D eigenvalue weighted by atomic mass is 19.1. The number of nitrogens with zero attached hydrogens (tertiary/aromatic N) is 5. The molecule has 184 valence electrons. The summed E-state index contributed by atoms with van der Waals surface area (Å²) in [6.07, 6.45) is 2.79. The Hall–Kier alpha value is -3.96. The second-order valence-corrected chi connectivity index (χ2v) is 8.52. The summed E-state index contributed by atoms with van der Waals surface area (Å²) < 4.78 is 32.4. The highest BCUT2D eigenvalue weighted by Crippen LogP contribution is 2.22. The third kappa shape index (κ3) is 5.42. The zero-order valence-corrected chi connectivity index (χ0v) is 19.1. The smallest absolute Gasteiger partial charge is 0.276 e. The fourth-order valence-electron chi connectivity index (χ4n) is 3.80. The summed E-state index contributed by atoms with van der Waals surface area (Å²) in [4.78, 5) is 43.3. The lowest BCUT2D eigenvalue weighted by Crippen LogP contribution is -2.53. The van der Waals surface area contributed by atoms with Gasteiger partial charge < -0.3 is 20.1 Å². The number of amides is 2. The summed E-state index contributed by atoms with van der Waals surface area (Å²) >= 11 is 0. The molecule has 3 aromatic rings. The number of hydrogen-bond donors (Lipinski definition) is 2. The summed E-state index contributed by atoms with van der Waals surface area (Å²) in [6, 6.07) is 3.06. The number of nitrogens with one attached hydrogen (secondary N) is 1. The lowest BCUT2D eigenvalue weighted by Gasteiger charge is -2.35. The van der Waals surface area contributed by atoms with E-state index in [0.29, 0.717) is 37.5 Å². The van der Waals surface area contributed by atoms with Crippen molar-refractivity contribution in [3.63, 3.8) is 0 Å². The fraction of sp³-hybridized carbons (Fsp3) is 0.391.